The molecule has 6 heteroatoms. The smallest absolute Gasteiger partial charge is 0.163 e. The van der Waals surface area contributed by atoms with Gasteiger partial charge in [0.05, 0.1) is 5.56 Å². The summed E-state index contributed by atoms with van der Waals surface area (Å²) in [5.74, 6) is 1.36. The monoisotopic (exact) mass is 673 g/mol. The van der Waals surface area contributed by atoms with Crippen molar-refractivity contribution in [3.8, 4) is 11.1 Å². The molecule has 5 nitrogen and oxygen atoms in total. The minimum absolute atomic E-state index is 0.454. The average molecular weight is 674 g/mol. The summed E-state index contributed by atoms with van der Waals surface area (Å²) >= 11 is 1.84. The van der Waals surface area contributed by atoms with Gasteiger partial charge in [0.1, 0.15) is 34.3 Å². The van der Waals surface area contributed by atoms with Gasteiger partial charge in [-0.2, -0.15) is 0 Å². The van der Waals surface area contributed by atoms with Crippen LogP contribution in [0, 0.1) is 0 Å². The minimum atomic E-state index is -0.454. The van der Waals surface area contributed by atoms with E-state index in [0.717, 1.165) is 72.0 Å². The molecule has 1 unspecified atom stereocenters. The average Bonchev–Trinajstić information content (AvgIpc) is 3.89. The SMILES string of the molecule is c1ccc(C2=NC(c3cccc4c3oc3ccccc34)=NC(c3cccc4oc5cccc(-c6cccc7c6sc6ccccc67)c5c34)N2)cc1. The van der Waals surface area contributed by atoms with Gasteiger partial charge in [-0.25, -0.2) is 9.98 Å². The normalized spacial score (nSPS) is 14.9. The van der Waals surface area contributed by atoms with Crippen LogP contribution < -0.4 is 5.32 Å². The Morgan fingerprint density at radius 2 is 1.18 bits per heavy atom. The summed E-state index contributed by atoms with van der Waals surface area (Å²) in [5.41, 5.74) is 8.46. The van der Waals surface area contributed by atoms with E-state index in [1.165, 1.54) is 25.7 Å². The lowest BCUT2D eigenvalue weighted by atomic mass is 9.95. The van der Waals surface area contributed by atoms with Gasteiger partial charge < -0.3 is 14.2 Å². The predicted octanol–water partition coefficient (Wildman–Crippen LogP) is 12.0. The van der Waals surface area contributed by atoms with Gasteiger partial charge in [-0.05, 0) is 35.9 Å². The van der Waals surface area contributed by atoms with Crippen molar-refractivity contribution in [2.75, 3.05) is 0 Å². The zero-order chi connectivity index (χ0) is 33.5. The van der Waals surface area contributed by atoms with Crippen LogP contribution in [-0.4, -0.2) is 11.7 Å². The Hall–Kier alpha value is -6.50. The van der Waals surface area contributed by atoms with E-state index in [4.69, 9.17) is 18.8 Å². The lowest BCUT2D eigenvalue weighted by molar-refractivity contribution is 0.660. The second kappa shape index (κ2) is 11.0. The number of rotatable bonds is 4. The molecule has 0 aliphatic carbocycles. The molecule has 4 heterocycles. The van der Waals surface area contributed by atoms with Gasteiger partial charge in [0.15, 0.2) is 5.84 Å². The standard InChI is InChI=1S/C45H27N3O2S/c1-2-12-26(13-3-1)43-46-44(48-45(47-43)34-21-8-17-30-27-14-4-6-22-35(27)50-41(30)34)33-20-11-24-37-40(33)39-29(16-10-23-36(39)49-37)32-19-9-18-31-28-15-5-7-25-38(28)51-42(31)32/h1-25,44H,(H,46,47,48). The molecule has 0 bridgehead atoms. The minimum Gasteiger partial charge on any atom is -0.456 e. The van der Waals surface area contributed by atoms with Gasteiger partial charge in [0, 0.05) is 58.4 Å². The van der Waals surface area contributed by atoms with E-state index in [1.54, 1.807) is 0 Å². The van der Waals surface area contributed by atoms with E-state index in [0.29, 0.717) is 5.84 Å². The molecule has 0 saturated carbocycles. The summed E-state index contributed by atoms with van der Waals surface area (Å²) in [6.45, 7) is 0. The van der Waals surface area contributed by atoms with Gasteiger partial charge in [0.2, 0.25) is 0 Å². The zero-order valence-corrected chi connectivity index (χ0v) is 27.9. The van der Waals surface area contributed by atoms with Gasteiger partial charge in [-0.1, -0.05) is 121 Å². The molecule has 7 aromatic carbocycles. The topological polar surface area (TPSA) is 63.0 Å². The van der Waals surface area contributed by atoms with Crippen molar-refractivity contribution in [1.29, 1.82) is 0 Å². The number of nitrogens with one attached hydrogen (secondary N) is 1. The van der Waals surface area contributed by atoms with Crippen LogP contribution in [0.25, 0.3) is 75.2 Å². The fourth-order valence-electron chi connectivity index (χ4n) is 7.70. The number of hydrogen-bond acceptors (Lipinski definition) is 6. The van der Waals surface area contributed by atoms with E-state index in [1.807, 2.05) is 47.7 Å². The zero-order valence-electron chi connectivity index (χ0n) is 27.1. The number of fused-ring (bicyclic) bond motifs is 9. The fourth-order valence-corrected chi connectivity index (χ4v) is 8.93. The van der Waals surface area contributed by atoms with Gasteiger partial charge in [-0.3, -0.25) is 0 Å². The Labute approximate surface area is 295 Å². The first-order chi connectivity index (χ1) is 25.3. The van der Waals surface area contributed by atoms with Crippen molar-refractivity contribution >= 4 is 87.1 Å². The van der Waals surface area contributed by atoms with E-state index < -0.39 is 6.17 Å². The molecule has 0 radical (unpaired) electrons. The van der Waals surface area contributed by atoms with Crippen molar-refractivity contribution in [2.24, 2.45) is 9.98 Å². The number of aliphatic imine (C=N–C) groups is 2. The number of hydrogen-bond donors (Lipinski definition) is 1. The maximum Gasteiger partial charge on any atom is 0.163 e. The van der Waals surface area contributed by atoms with Crippen LogP contribution in [0.4, 0.5) is 0 Å². The summed E-state index contributed by atoms with van der Waals surface area (Å²) in [6.07, 6.45) is -0.454. The van der Waals surface area contributed by atoms with Crippen molar-refractivity contribution in [3.05, 3.63) is 168 Å². The number of thiophene rings is 1. The summed E-state index contributed by atoms with van der Waals surface area (Å²) in [6, 6.07) is 52.5. The third-order valence-corrected chi connectivity index (χ3v) is 11.2. The third-order valence-electron chi connectivity index (χ3n) is 9.98. The van der Waals surface area contributed by atoms with Crippen LogP contribution >= 0.6 is 11.3 Å². The first kappa shape index (κ1) is 28.3. The quantitative estimate of drug-likeness (QED) is 0.202. The summed E-state index contributed by atoms with van der Waals surface area (Å²) in [4.78, 5) is 10.5. The molecule has 0 fully saturated rings. The molecular formula is C45H27N3O2S. The molecule has 0 amide bonds. The largest absolute Gasteiger partial charge is 0.456 e. The molecule has 51 heavy (non-hydrogen) atoms. The van der Waals surface area contributed by atoms with Crippen LogP contribution in [0.3, 0.4) is 0 Å². The number of para-hydroxylation sites is 2. The first-order valence-corrected chi connectivity index (χ1v) is 17.8. The molecule has 0 saturated heterocycles. The van der Waals surface area contributed by atoms with Crippen LogP contribution in [0.5, 0.6) is 0 Å². The molecule has 1 N–H and O–H groups in total. The Kier molecular flexibility index (Phi) is 6.12. The number of furan rings is 2. The first-order valence-electron chi connectivity index (χ1n) is 17.0. The Morgan fingerprint density at radius 3 is 2.08 bits per heavy atom. The maximum atomic E-state index is 6.61. The van der Waals surface area contributed by atoms with E-state index in [2.05, 4.69) is 121 Å². The van der Waals surface area contributed by atoms with Crippen molar-refractivity contribution in [1.82, 2.24) is 5.32 Å². The molecule has 1 aliphatic rings. The van der Waals surface area contributed by atoms with Crippen molar-refractivity contribution < 1.29 is 8.83 Å². The lowest BCUT2D eigenvalue weighted by Gasteiger charge is -2.24. The second-order valence-electron chi connectivity index (χ2n) is 12.9. The predicted molar refractivity (Wildman–Crippen MR) is 211 cm³/mol. The van der Waals surface area contributed by atoms with Gasteiger partial charge >= 0.3 is 0 Å². The van der Waals surface area contributed by atoms with Crippen molar-refractivity contribution in [2.45, 2.75) is 6.17 Å². The van der Waals surface area contributed by atoms with E-state index in [-0.39, 0.29) is 0 Å². The van der Waals surface area contributed by atoms with Gasteiger partial charge in [0.25, 0.3) is 0 Å². The van der Waals surface area contributed by atoms with Gasteiger partial charge in [-0.15, -0.1) is 11.3 Å². The second-order valence-corrected chi connectivity index (χ2v) is 13.9. The van der Waals surface area contributed by atoms with Crippen LogP contribution in [0.15, 0.2) is 170 Å². The highest BCUT2D eigenvalue weighted by Crippen LogP contribution is 2.45. The van der Waals surface area contributed by atoms with Crippen LogP contribution in [0.1, 0.15) is 22.9 Å². The van der Waals surface area contributed by atoms with Crippen LogP contribution in [0.2, 0.25) is 0 Å². The maximum absolute atomic E-state index is 6.61. The molecule has 1 aliphatic heterocycles. The molecular weight excluding hydrogens is 647 g/mol. The highest BCUT2D eigenvalue weighted by molar-refractivity contribution is 7.26. The molecule has 3 aromatic heterocycles. The number of amidine groups is 2. The lowest BCUT2D eigenvalue weighted by Crippen LogP contribution is -2.33. The van der Waals surface area contributed by atoms with E-state index >= 15 is 0 Å². The fraction of sp³-hybridized carbons (Fsp3) is 0.0222. The third kappa shape index (κ3) is 4.33. The Bertz CT molecular complexity index is 3070. The van der Waals surface area contributed by atoms with Crippen molar-refractivity contribution in [3.63, 3.8) is 0 Å². The highest BCUT2D eigenvalue weighted by Gasteiger charge is 2.27. The number of nitrogens with zero attached hydrogens (tertiary/aromatic N) is 2. The Morgan fingerprint density at radius 1 is 0.510 bits per heavy atom. The Balaban J connectivity index is 1.16. The summed E-state index contributed by atoms with van der Waals surface area (Å²) < 4.78 is 15.6. The molecule has 240 valence electrons. The summed E-state index contributed by atoms with van der Waals surface area (Å²) in [5, 5.41) is 10.5. The van der Waals surface area contributed by atoms with E-state index in [9.17, 15) is 0 Å². The molecule has 10 aromatic rings. The number of benzene rings is 7. The molecule has 0 spiro atoms. The van der Waals surface area contributed by atoms with Crippen LogP contribution in [-0.2, 0) is 0 Å². The summed E-state index contributed by atoms with van der Waals surface area (Å²) in [7, 11) is 0. The molecule has 1 atom stereocenters. The molecule has 11 rings (SSSR count). The highest BCUT2D eigenvalue weighted by atomic mass is 32.1.